The predicted octanol–water partition coefficient (Wildman–Crippen LogP) is 5.30. The first-order valence-corrected chi connectivity index (χ1v) is 8.91. The third-order valence-electron chi connectivity index (χ3n) is 3.59. The van der Waals surface area contributed by atoms with E-state index in [0.29, 0.717) is 17.7 Å². The molecule has 1 aromatic heterocycles. The second-order valence-corrected chi connectivity index (χ2v) is 7.19. The number of urea groups is 1. The van der Waals surface area contributed by atoms with Crippen LogP contribution < -0.4 is 10.6 Å². The van der Waals surface area contributed by atoms with Gasteiger partial charge in [0.2, 0.25) is 0 Å². The Hall–Kier alpha value is -1.84. The van der Waals surface area contributed by atoms with Crippen molar-refractivity contribution < 1.29 is 18.0 Å². The van der Waals surface area contributed by atoms with Gasteiger partial charge in [-0.05, 0) is 39.1 Å². The molecule has 0 atom stereocenters. The number of aromatic nitrogens is 1. The molecule has 0 saturated carbocycles. The SMILES string of the molecule is CC(C)N(C)Cc1csc(NC(=O)Nc2ccc(Cl)c(C(F)(F)F)c2)n1. The van der Waals surface area contributed by atoms with Crippen molar-refractivity contribution in [2.45, 2.75) is 32.6 Å². The first-order valence-electron chi connectivity index (χ1n) is 7.65. The topological polar surface area (TPSA) is 57.3 Å². The van der Waals surface area contributed by atoms with E-state index in [4.69, 9.17) is 11.6 Å². The number of benzene rings is 1. The van der Waals surface area contributed by atoms with E-state index in [1.54, 1.807) is 0 Å². The number of nitrogens with zero attached hydrogens (tertiary/aromatic N) is 2. The second kappa shape index (κ2) is 8.24. The van der Waals surface area contributed by atoms with Gasteiger partial charge in [0.25, 0.3) is 0 Å². The minimum absolute atomic E-state index is 0.0180. The number of amides is 2. The van der Waals surface area contributed by atoms with Crippen molar-refractivity contribution in [3.05, 3.63) is 39.9 Å². The molecule has 0 aliphatic heterocycles. The van der Waals surface area contributed by atoms with Crippen molar-refractivity contribution in [1.82, 2.24) is 9.88 Å². The lowest BCUT2D eigenvalue weighted by molar-refractivity contribution is -0.137. The van der Waals surface area contributed by atoms with Crippen molar-refractivity contribution in [2.24, 2.45) is 0 Å². The molecule has 142 valence electrons. The molecule has 26 heavy (non-hydrogen) atoms. The molecule has 0 radical (unpaired) electrons. The fourth-order valence-corrected chi connectivity index (χ4v) is 2.88. The fourth-order valence-electron chi connectivity index (χ4n) is 1.95. The summed E-state index contributed by atoms with van der Waals surface area (Å²) in [4.78, 5) is 18.4. The number of thiazole rings is 1. The molecular weight excluding hydrogens is 389 g/mol. The fraction of sp³-hybridized carbons (Fsp3) is 0.375. The minimum atomic E-state index is -4.60. The van der Waals surface area contributed by atoms with Gasteiger partial charge in [-0.15, -0.1) is 11.3 Å². The van der Waals surface area contributed by atoms with Gasteiger partial charge in [0.15, 0.2) is 5.13 Å². The lowest BCUT2D eigenvalue weighted by atomic mass is 10.2. The summed E-state index contributed by atoms with van der Waals surface area (Å²) in [5.41, 5.74) is -0.229. The summed E-state index contributed by atoms with van der Waals surface area (Å²) in [6, 6.07) is 2.83. The molecule has 0 saturated heterocycles. The van der Waals surface area contributed by atoms with E-state index in [2.05, 4.69) is 34.4 Å². The molecule has 10 heteroatoms. The standard InChI is InChI=1S/C16H18ClF3N4OS/c1-9(2)24(3)7-11-8-26-15(22-11)23-14(25)21-10-4-5-13(17)12(6-10)16(18,19)20/h4-6,8-9H,7H2,1-3H3,(H2,21,22,23,25). The van der Waals surface area contributed by atoms with E-state index < -0.39 is 22.8 Å². The Labute approximate surface area is 158 Å². The maximum Gasteiger partial charge on any atom is 0.417 e. The monoisotopic (exact) mass is 406 g/mol. The Morgan fingerprint density at radius 3 is 2.65 bits per heavy atom. The zero-order chi connectivity index (χ0) is 19.5. The Morgan fingerprint density at radius 1 is 1.35 bits per heavy atom. The van der Waals surface area contributed by atoms with Gasteiger partial charge in [0.05, 0.1) is 16.3 Å². The molecule has 1 aromatic carbocycles. The number of hydrogen-bond donors (Lipinski definition) is 2. The zero-order valence-corrected chi connectivity index (χ0v) is 15.9. The molecule has 1 heterocycles. The van der Waals surface area contributed by atoms with Crippen LogP contribution in [0.4, 0.5) is 28.8 Å². The third-order valence-corrected chi connectivity index (χ3v) is 4.73. The molecule has 0 fully saturated rings. The number of hydrogen-bond acceptors (Lipinski definition) is 4. The van der Waals surface area contributed by atoms with Gasteiger partial charge in [0.1, 0.15) is 0 Å². The van der Waals surface area contributed by atoms with E-state index in [0.717, 1.165) is 17.8 Å². The maximum atomic E-state index is 12.9. The highest BCUT2D eigenvalue weighted by atomic mass is 35.5. The van der Waals surface area contributed by atoms with Crippen LogP contribution >= 0.6 is 22.9 Å². The van der Waals surface area contributed by atoms with Gasteiger partial charge in [-0.25, -0.2) is 9.78 Å². The molecular formula is C16H18ClF3N4OS. The first kappa shape index (κ1) is 20.5. The first-order chi connectivity index (χ1) is 12.1. The van der Waals surface area contributed by atoms with Crippen LogP contribution in [0.2, 0.25) is 5.02 Å². The van der Waals surface area contributed by atoms with E-state index in [-0.39, 0.29) is 5.69 Å². The van der Waals surface area contributed by atoms with Crippen LogP contribution in [0.1, 0.15) is 25.1 Å². The van der Waals surface area contributed by atoms with Crippen LogP contribution in [0.25, 0.3) is 0 Å². The van der Waals surface area contributed by atoms with Crippen LogP contribution in [0, 0.1) is 0 Å². The van der Waals surface area contributed by atoms with Gasteiger partial charge in [-0.2, -0.15) is 13.2 Å². The molecule has 0 spiro atoms. The Bertz CT molecular complexity index is 779. The highest BCUT2D eigenvalue weighted by Gasteiger charge is 2.33. The summed E-state index contributed by atoms with van der Waals surface area (Å²) in [5, 5.41) is 6.61. The van der Waals surface area contributed by atoms with Gasteiger partial charge >= 0.3 is 12.2 Å². The molecule has 0 aliphatic rings. The number of rotatable bonds is 5. The van der Waals surface area contributed by atoms with Crippen molar-refractivity contribution >= 4 is 39.8 Å². The summed E-state index contributed by atoms with van der Waals surface area (Å²) in [6.45, 7) is 4.74. The number of anilines is 2. The largest absolute Gasteiger partial charge is 0.417 e. The summed E-state index contributed by atoms with van der Waals surface area (Å²) < 4.78 is 38.6. The Kier molecular flexibility index (Phi) is 6.48. The average Bonchev–Trinajstić information content (AvgIpc) is 2.94. The van der Waals surface area contributed by atoms with Crippen LogP contribution in [0.3, 0.4) is 0 Å². The highest BCUT2D eigenvalue weighted by Crippen LogP contribution is 2.36. The maximum absolute atomic E-state index is 12.9. The lowest BCUT2D eigenvalue weighted by Crippen LogP contribution is -2.25. The molecule has 5 nitrogen and oxygen atoms in total. The van der Waals surface area contributed by atoms with Gasteiger partial charge in [-0.1, -0.05) is 11.6 Å². The van der Waals surface area contributed by atoms with Gasteiger partial charge < -0.3 is 5.32 Å². The van der Waals surface area contributed by atoms with Crippen molar-refractivity contribution in [3.8, 4) is 0 Å². The van der Waals surface area contributed by atoms with Crippen molar-refractivity contribution in [2.75, 3.05) is 17.7 Å². The van der Waals surface area contributed by atoms with Crippen LogP contribution in [0.15, 0.2) is 23.6 Å². The molecule has 0 unspecified atom stereocenters. The van der Waals surface area contributed by atoms with E-state index in [1.807, 2.05) is 12.4 Å². The number of carbonyl (C=O) groups is 1. The number of nitrogens with one attached hydrogen (secondary N) is 2. The molecule has 0 bridgehead atoms. The highest BCUT2D eigenvalue weighted by molar-refractivity contribution is 7.13. The van der Waals surface area contributed by atoms with E-state index in [9.17, 15) is 18.0 Å². The number of carbonyl (C=O) groups excluding carboxylic acids is 1. The third kappa shape index (κ3) is 5.58. The molecule has 2 N–H and O–H groups in total. The predicted molar refractivity (Wildman–Crippen MR) is 97.8 cm³/mol. The minimum Gasteiger partial charge on any atom is -0.308 e. The Morgan fingerprint density at radius 2 is 2.04 bits per heavy atom. The lowest BCUT2D eigenvalue weighted by Gasteiger charge is -2.19. The Balaban J connectivity index is 2.00. The van der Waals surface area contributed by atoms with Crippen molar-refractivity contribution in [1.29, 1.82) is 0 Å². The normalized spacial score (nSPS) is 11.9. The average molecular weight is 407 g/mol. The summed E-state index contributed by atoms with van der Waals surface area (Å²) >= 11 is 6.79. The van der Waals surface area contributed by atoms with E-state index in [1.165, 1.54) is 17.4 Å². The molecule has 2 aromatic rings. The number of halogens is 4. The van der Waals surface area contributed by atoms with Crippen molar-refractivity contribution in [3.63, 3.8) is 0 Å². The summed E-state index contributed by atoms with van der Waals surface area (Å²) in [6.07, 6.45) is -4.60. The van der Waals surface area contributed by atoms with Gasteiger partial charge in [-0.3, -0.25) is 10.2 Å². The van der Waals surface area contributed by atoms with Gasteiger partial charge in [0, 0.05) is 23.7 Å². The van der Waals surface area contributed by atoms with Crippen LogP contribution in [-0.2, 0) is 12.7 Å². The number of alkyl halides is 3. The second-order valence-electron chi connectivity index (χ2n) is 5.92. The smallest absolute Gasteiger partial charge is 0.308 e. The van der Waals surface area contributed by atoms with E-state index >= 15 is 0 Å². The molecule has 2 rings (SSSR count). The molecule has 2 amide bonds. The quantitative estimate of drug-likeness (QED) is 0.708. The van der Waals surface area contributed by atoms with Crippen LogP contribution in [0.5, 0.6) is 0 Å². The zero-order valence-electron chi connectivity index (χ0n) is 14.3. The molecule has 0 aliphatic carbocycles. The summed E-state index contributed by atoms with van der Waals surface area (Å²) in [7, 11) is 1.96. The van der Waals surface area contributed by atoms with Crippen LogP contribution in [-0.4, -0.2) is 29.0 Å². The summed E-state index contributed by atoms with van der Waals surface area (Å²) in [5.74, 6) is 0.